The maximum absolute atomic E-state index is 13.4. The monoisotopic (exact) mass is 434 g/mol. The van der Waals surface area contributed by atoms with E-state index in [1.807, 2.05) is 17.0 Å². The van der Waals surface area contributed by atoms with Crippen molar-refractivity contribution in [1.82, 2.24) is 4.90 Å². The Morgan fingerprint density at radius 3 is 2.55 bits per heavy atom. The molecule has 31 heavy (non-hydrogen) atoms. The molecule has 0 saturated carbocycles. The van der Waals surface area contributed by atoms with E-state index in [1.54, 1.807) is 25.6 Å². The van der Waals surface area contributed by atoms with Crippen molar-refractivity contribution in [2.45, 2.75) is 18.9 Å². The average Bonchev–Trinajstić information content (AvgIpc) is 3.48. The molecule has 0 bridgehead atoms. The van der Waals surface area contributed by atoms with Crippen LogP contribution in [-0.2, 0) is 17.6 Å². The number of thiophene rings is 1. The first-order valence-electron chi connectivity index (χ1n) is 10.6. The van der Waals surface area contributed by atoms with Gasteiger partial charge in [-0.05, 0) is 59.2 Å². The van der Waals surface area contributed by atoms with E-state index in [1.165, 1.54) is 21.6 Å². The lowest BCUT2D eigenvalue weighted by Crippen LogP contribution is -2.44. The van der Waals surface area contributed by atoms with E-state index in [2.05, 4.69) is 46.7 Å². The summed E-state index contributed by atoms with van der Waals surface area (Å²) in [6, 6.07) is 16.7. The zero-order valence-corrected chi connectivity index (χ0v) is 18.7. The number of nitrogens with zero attached hydrogens (tertiary/aromatic N) is 2. The van der Waals surface area contributed by atoms with E-state index in [0.717, 1.165) is 43.1 Å². The Hall–Kier alpha value is -2.83. The fraction of sp³-hybridized carbons (Fsp3) is 0.320. The Kier molecular flexibility index (Phi) is 5.42. The van der Waals surface area contributed by atoms with E-state index in [4.69, 9.17) is 9.47 Å². The van der Waals surface area contributed by atoms with E-state index >= 15 is 0 Å². The normalized spacial score (nSPS) is 17.9. The molecule has 0 N–H and O–H groups in total. The van der Waals surface area contributed by atoms with Gasteiger partial charge in [0, 0.05) is 23.7 Å². The summed E-state index contributed by atoms with van der Waals surface area (Å²) in [6.45, 7) is 1.98. The highest BCUT2D eigenvalue weighted by atomic mass is 32.1. The fourth-order valence-electron chi connectivity index (χ4n) is 4.80. The third-order valence-corrected chi connectivity index (χ3v) is 7.24. The molecule has 0 saturated heterocycles. The van der Waals surface area contributed by atoms with Gasteiger partial charge in [-0.25, -0.2) is 0 Å². The molecule has 3 aromatic rings. The van der Waals surface area contributed by atoms with Gasteiger partial charge in [0.1, 0.15) is 0 Å². The lowest BCUT2D eigenvalue weighted by atomic mass is 9.91. The van der Waals surface area contributed by atoms with Crippen molar-refractivity contribution in [2.75, 3.05) is 38.8 Å². The summed E-state index contributed by atoms with van der Waals surface area (Å²) in [5.41, 5.74) is 4.77. The molecule has 1 amide bonds. The first-order chi connectivity index (χ1) is 15.2. The summed E-state index contributed by atoms with van der Waals surface area (Å²) < 4.78 is 11.1. The van der Waals surface area contributed by atoms with E-state index in [0.29, 0.717) is 6.54 Å². The molecular weight excluding hydrogens is 408 g/mol. The quantitative estimate of drug-likeness (QED) is 0.600. The van der Waals surface area contributed by atoms with Crippen molar-refractivity contribution in [1.29, 1.82) is 0 Å². The van der Waals surface area contributed by atoms with E-state index < -0.39 is 0 Å². The smallest absolute Gasteiger partial charge is 0.241 e. The number of rotatable bonds is 5. The summed E-state index contributed by atoms with van der Waals surface area (Å²) in [6.07, 6.45) is 1.80. The van der Waals surface area contributed by atoms with Crippen LogP contribution in [0.4, 0.5) is 5.69 Å². The molecule has 1 aromatic heterocycles. The van der Waals surface area contributed by atoms with Gasteiger partial charge in [-0.15, -0.1) is 11.3 Å². The summed E-state index contributed by atoms with van der Waals surface area (Å²) in [5, 5.41) is 2.10. The second kappa shape index (κ2) is 8.36. The van der Waals surface area contributed by atoms with Gasteiger partial charge < -0.3 is 14.4 Å². The van der Waals surface area contributed by atoms with Crippen molar-refractivity contribution < 1.29 is 14.3 Å². The highest BCUT2D eigenvalue weighted by Gasteiger charge is 2.34. The molecule has 160 valence electrons. The molecule has 1 atom stereocenters. The molecule has 0 aliphatic carbocycles. The fourth-order valence-corrected chi connectivity index (χ4v) is 5.68. The second-order valence-electron chi connectivity index (χ2n) is 7.97. The number of fused-ring (bicyclic) bond motifs is 2. The minimum Gasteiger partial charge on any atom is -0.493 e. The number of methoxy groups -OCH3 is 2. The van der Waals surface area contributed by atoms with Crippen LogP contribution in [0.2, 0.25) is 0 Å². The van der Waals surface area contributed by atoms with E-state index in [9.17, 15) is 4.79 Å². The van der Waals surface area contributed by atoms with Gasteiger partial charge in [0.2, 0.25) is 5.91 Å². The summed E-state index contributed by atoms with van der Waals surface area (Å²) in [7, 11) is 3.34. The summed E-state index contributed by atoms with van der Waals surface area (Å²) in [5.74, 6) is 1.64. The number of carbonyl (C=O) groups excluding carboxylic acids is 1. The third-order valence-electron chi connectivity index (χ3n) is 6.31. The Bertz CT molecular complexity index is 1100. The van der Waals surface area contributed by atoms with E-state index in [-0.39, 0.29) is 11.9 Å². The first kappa shape index (κ1) is 20.1. The van der Waals surface area contributed by atoms with Gasteiger partial charge in [0.15, 0.2) is 11.5 Å². The molecule has 6 heteroatoms. The molecule has 5 rings (SSSR count). The number of carbonyl (C=O) groups is 1. The van der Waals surface area contributed by atoms with Crippen LogP contribution in [0.1, 0.15) is 27.6 Å². The van der Waals surface area contributed by atoms with Gasteiger partial charge in [-0.1, -0.05) is 24.3 Å². The van der Waals surface area contributed by atoms with Crippen LogP contribution in [0, 0.1) is 0 Å². The van der Waals surface area contributed by atoms with Crippen molar-refractivity contribution in [3.8, 4) is 11.5 Å². The molecule has 0 spiro atoms. The van der Waals surface area contributed by atoms with Gasteiger partial charge in [-0.3, -0.25) is 9.69 Å². The van der Waals surface area contributed by atoms with Crippen LogP contribution in [0.3, 0.4) is 0 Å². The second-order valence-corrected chi connectivity index (χ2v) is 8.95. The number of hydrogen-bond donors (Lipinski definition) is 0. The third kappa shape index (κ3) is 3.60. The zero-order chi connectivity index (χ0) is 21.4. The molecule has 0 unspecified atom stereocenters. The van der Waals surface area contributed by atoms with Gasteiger partial charge in [-0.2, -0.15) is 0 Å². The number of amides is 1. The van der Waals surface area contributed by atoms with Gasteiger partial charge in [0.05, 0.1) is 26.8 Å². The molecule has 0 radical (unpaired) electrons. The number of hydrogen-bond acceptors (Lipinski definition) is 5. The van der Waals surface area contributed by atoms with Gasteiger partial charge >= 0.3 is 0 Å². The molecule has 3 heterocycles. The molecule has 0 fully saturated rings. The SMILES string of the molecule is COc1cc2c(cc1OC)[C@H](c1cccs1)N(CC(=O)N1CCc3ccccc31)CC2. The molecule has 5 nitrogen and oxygen atoms in total. The van der Waals surface area contributed by atoms with Crippen molar-refractivity contribution in [2.24, 2.45) is 0 Å². The number of benzene rings is 2. The van der Waals surface area contributed by atoms with Crippen LogP contribution < -0.4 is 14.4 Å². The molecule has 2 aliphatic rings. The number of ether oxygens (including phenoxy) is 2. The molecule has 2 aliphatic heterocycles. The Morgan fingerprint density at radius 1 is 1.00 bits per heavy atom. The molecule has 2 aromatic carbocycles. The van der Waals surface area contributed by atoms with Crippen molar-refractivity contribution >= 4 is 22.9 Å². The number of para-hydroxylation sites is 1. The van der Waals surface area contributed by atoms with Crippen molar-refractivity contribution in [3.63, 3.8) is 0 Å². The molecular formula is C25H26N2O3S. The minimum absolute atomic E-state index is 0.0327. The predicted molar refractivity (Wildman–Crippen MR) is 123 cm³/mol. The standard InChI is InChI=1S/C25H26N2O3S/c1-29-21-14-18-9-11-26(16-24(28)27-12-10-17-6-3-4-7-20(17)27)25(23-8-5-13-31-23)19(18)15-22(21)30-2/h3-8,13-15,25H,9-12,16H2,1-2H3/t25-/m1/s1. The summed E-state index contributed by atoms with van der Waals surface area (Å²) in [4.78, 5) is 18.9. The highest BCUT2D eigenvalue weighted by molar-refractivity contribution is 7.10. The number of anilines is 1. The Labute approximate surface area is 186 Å². The summed E-state index contributed by atoms with van der Waals surface area (Å²) >= 11 is 1.73. The largest absolute Gasteiger partial charge is 0.493 e. The minimum atomic E-state index is 0.0327. The van der Waals surface area contributed by atoms with Crippen LogP contribution in [0.15, 0.2) is 53.9 Å². The Morgan fingerprint density at radius 2 is 1.77 bits per heavy atom. The lowest BCUT2D eigenvalue weighted by molar-refractivity contribution is -0.120. The Balaban J connectivity index is 1.47. The first-order valence-corrected chi connectivity index (χ1v) is 11.5. The van der Waals surface area contributed by atoms with Crippen LogP contribution in [-0.4, -0.2) is 44.7 Å². The van der Waals surface area contributed by atoms with Crippen LogP contribution in [0.25, 0.3) is 0 Å². The maximum Gasteiger partial charge on any atom is 0.241 e. The van der Waals surface area contributed by atoms with Crippen molar-refractivity contribution in [3.05, 3.63) is 75.5 Å². The topological polar surface area (TPSA) is 42.0 Å². The van der Waals surface area contributed by atoms with Crippen LogP contribution in [0.5, 0.6) is 11.5 Å². The lowest BCUT2D eigenvalue weighted by Gasteiger charge is -2.37. The maximum atomic E-state index is 13.4. The van der Waals surface area contributed by atoms with Gasteiger partial charge in [0.25, 0.3) is 0 Å². The average molecular weight is 435 g/mol. The van der Waals surface area contributed by atoms with Crippen LogP contribution >= 0.6 is 11.3 Å². The highest BCUT2D eigenvalue weighted by Crippen LogP contribution is 2.42. The zero-order valence-electron chi connectivity index (χ0n) is 17.8. The predicted octanol–water partition coefficient (Wildman–Crippen LogP) is 4.30.